The summed E-state index contributed by atoms with van der Waals surface area (Å²) in [4.78, 5) is 6.26. The number of aromatic hydroxyl groups is 1. The van der Waals surface area contributed by atoms with Gasteiger partial charge in [0, 0.05) is 59.9 Å². The number of aromatic nitrogens is 4. The molecule has 2 aromatic heterocycles. The Bertz CT molecular complexity index is 1870. The van der Waals surface area contributed by atoms with Crippen molar-refractivity contribution in [1.82, 2.24) is 18.7 Å². The standard InChI is InChI=1S/C34H35F2IN4OS3/c1-33(2)13-6-14-34(3,21-7-5-8-22(42)17-21)32-38-31(40(4)39-32)26-18-23(9-10-27(26)35)44-30-25(12-16-43-20-33)24-11-15-41(45-37)29(24)19-28(30)36/h5,7-11,15,17-19,42H,6,12-14,16,20H2,1-4H3. The van der Waals surface area contributed by atoms with Crippen molar-refractivity contribution < 1.29 is 13.9 Å². The zero-order valence-corrected chi connectivity index (χ0v) is 30.2. The molecular formula is C34H35F2IN4OS3. The quantitative estimate of drug-likeness (QED) is 0.180. The number of phenolic OH excluding ortho intramolecular Hbond substituents is 1. The normalized spacial score (nSPS) is 19.2. The molecule has 0 saturated heterocycles. The topological polar surface area (TPSA) is 55.9 Å². The van der Waals surface area contributed by atoms with Gasteiger partial charge in [-0.25, -0.2) is 18.4 Å². The molecule has 1 aliphatic heterocycles. The number of benzene rings is 3. The molecule has 236 valence electrons. The summed E-state index contributed by atoms with van der Waals surface area (Å²) in [6.07, 6.45) is 5.39. The zero-order chi connectivity index (χ0) is 31.9. The van der Waals surface area contributed by atoms with Crippen LogP contribution in [-0.2, 0) is 18.9 Å². The number of rotatable bonds is 2. The lowest BCUT2D eigenvalue weighted by Gasteiger charge is -2.30. The molecule has 45 heavy (non-hydrogen) atoms. The molecule has 5 nitrogen and oxygen atoms in total. The average molecular weight is 777 g/mol. The third kappa shape index (κ3) is 6.64. The molecule has 6 rings (SSSR count). The van der Waals surface area contributed by atoms with Crippen molar-refractivity contribution >= 4 is 64.8 Å². The number of halogens is 3. The molecule has 3 heterocycles. The fourth-order valence-corrected chi connectivity index (χ4v) is 9.75. The summed E-state index contributed by atoms with van der Waals surface area (Å²) < 4.78 is 35.1. The highest BCUT2D eigenvalue weighted by Gasteiger charge is 2.35. The van der Waals surface area contributed by atoms with Gasteiger partial charge in [-0.2, -0.15) is 16.9 Å². The minimum atomic E-state index is -0.605. The Kier molecular flexibility index (Phi) is 9.53. The van der Waals surface area contributed by atoms with Gasteiger partial charge < -0.3 is 5.11 Å². The van der Waals surface area contributed by atoms with Crippen LogP contribution in [0.25, 0.3) is 22.3 Å². The van der Waals surface area contributed by atoms with E-state index in [9.17, 15) is 5.11 Å². The molecule has 0 radical (unpaired) electrons. The number of hydrogen-bond donors (Lipinski definition) is 1. The van der Waals surface area contributed by atoms with E-state index in [1.54, 1.807) is 42.1 Å². The van der Waals surface area contributed by atoms with Gasteiger partial charge in [-0.05, 0) is 90.6 Å². The molecule has 4 bridgehead atoms. The molecule has 0 saturated carbocycles. The summed E-state index contributed by atoms with van der Waals surface area (Å²) in [6, 6.07) is 15.8. The van der Waals surface area contributed by atoms with Gasteiger partial charge in [0.05, 0.1) is 21.4 Å². The third-order valence-corrected chi connectivity index (χ3v) is 13.1. The fraction of sp³-hybridized carbons (Fsp3) is 0.353. The molecule has 0 amide bonds. The SMILES string of the molecule is Cn1nc2nc1-c1cc(ccc1F)Sc1c(F)cc3c(ccn3SI)c1CCSCC(C)(C)CCCC2(C)c1cccc(O)c1. The highest BCUT2D eigenvalue weighted by atomic mass is 127. The predicted molar refractivity (Wildman–Crippen MR) is 193 cm³/mol. The Hall–Kier alpha value is -2.22. The Balaban J connectivity index is 1.49. The molecule has 1 unspecified atom stereocenters. The van der Waals surface area contributed by atoms with Crippen molar-refractivity contribution in [2.75, 3.05) is 11.5 Å². The largest absolute Gasteiger partial charge is 0.508 e. The number of fused-ring (bicyclic) bond motifs is 8. The summed E-state index contributed by atoms with van der Waals surface area (Å²) >= 11 is 5.45. The van der Waals surface area contributed by atoms with E-state index in [4.69, 9.17) is 10.1 Å². The van der Waals surface area contributed by atoms with Crippen LogP contribution in [0.3, 0.4) is 0 Å². The molecule has 11 heteroatoms. The second-order valence-corrected chi connectivity index (χ2v) is 16.5. The minimum Gasteiger partial charge on any atom is -0.508 e. The third-order valence-electron chi connectivity index (χ3n) is 8.70. The van der Waals surface area contributed by atoms with Gasteiger partial charge in [-0.15, -0.1) is 0 Å². The average Bonchev–Trinajstić information content (AvgIpc) is 3.60. The molecule has 0 spiro atoms. The highest BCUT2D eigenvalue weighted by molar-refractivity contribution is 14.2. The van der Waals surface area contributed by atoms with Crippen LogP contribution in [0.15, 0.2) is 70.6 Å². The van der Waals surface area contributed by atoms with Crippen molar-refractivity contribution in [1.29, 1.82) is 0 Å². The molecule has 3 aromatic carbocycles. The van der Waals surface area contributed by atoms with Gasteiger partial charge in [-0.3, -0.25) is 3.97 Å². The second kappa shape index (κ2) is 13.1. The summed E-state index contributed by atoms with van der Waals surface area (Å²) in [5.41, 5.74) is 2.55. The lowest BCUT2D eigenvalue weighted by atomic mass is 9.75. The van der Waals surface area contributed by atoms with E-state index in [2.05, 4.69) is 48.0 Å². The molecule has 1 N–H and O–H groups in total. The maximum atomic E-state index is 15.9. The van der Waals surface area contributed by atoms with Crippen molar-refractivity contribution in [2.45, 2.75) is 61.7 Å². The van der Waals surface area contributed by atoms with Gasteiger partial charge in [0.1, 0.15) is 17.4 Å². The first-order valence-electron chi connectivity index (χ1n) is 14.9. The Morgan fingerprint density at radius 2 is 1.84 bits per heavy atom. The second-order valence-electron chi connectivity index (χ2n) is 12.6. The lowest BCUT2D eigenvalue weighted by molar-refractivity contribution is 0.342. The first-order valence-corrected chi connectivity index (χ1v) is 20.2. The summed E-state index contributed by atoms with van der Waals surface area (Å²) in [5.74, 6) is 2.32. The smallest absolute Gasteiger partial charge is 0.161 e. The lowest BCUT2D eigenvalue weighted by Crippen LogP contribution is -2.27. The number of phenols is 1. The Morgan fingerprint density at radius 3 is 2.62 bits per heavy atom. The molecule has 1 aliphatic rings. The first kappa shape index (κ1) is 32.7. The maximum Gasteiger partial charge on any atom is 0.161 e. The molecule has 0 fully saturated rings. The highest BCUT2D eigenvalue weighted by Crippen LogP contribution is 2.43. The van der Waals surface area contributed by atoms with E-state index in [0.717, 1.165) is 64.1 Å². The molecule has 5 aromatic rings. The van der Waals surface area contributed by atoms with Crippen LogP contribution in [0.4, 0.5) is 8.78 Å². The van der Waals surface area contributed by atoms with Gasteiger partial charge in [0.2, 0.25) is 0 Å². The van der Waals surface area contributed by atoms with E-state index in [1.165, 1.54) is 26.9 Å². The van der Waals surface area contributed by atoms with Gasteiger partial charge in [-0.1, -0.05) is 44.2 Å². The van der Waals surface area contributed by atoms with Crippen LogP contribution >= 0.6 is 53.8 Å². The van der Waals surface area contributed by atoms with Crippen LogP contribution in [0.5, 0.6) is 5.75 Å². The number of aryl methyl sites for hydroxylation is 2. The van der Waals surface area contributed by atoms with E-state index < -0.39 is 11.2 Å². The monoisotopic (exact) mass is 776 g/mol. The summed E-state index contributed by atoms with van der Waals surface area (Å²) in [6.45, 7) is 6.71. The predicted octanol–water partition coefficient (Wildman–Crippen LogP) is 10.2. The number of hydrogen-bond acceptors (Lipinski definition) is 6. The van der Waals surface area contributed by atoms with Gasteiger partial charge >= 0.3 is 0 Å². The Morgan fingerprint density at radius 1 is 1.02 bits per heavy atom. The van der Waals surface area contributed by atoms with Gasteiger partial charge in [0.15, 0.2) is 11.6 Å². The maximum absolute atomic E-state index is 15.9. The van der Waals surface area contributed by atoms with Crippen molar-refractivity contribution in [3.8, 4) is 17.1 Å². The van der Waals surface area contributed by atoms with Gasteiger partial charge in [0.25, 0.3) is 0 Å². The zero-order valence-electron chi connectivity index (χ0n) is 25.6. The molecular weight excluding hydrogens is 742 g/mol. The van der Waals surface area contributed by atoms with Crippen LogP contribution in [0.1, 0.15) is 57.0 Å². The van der Waals surface area contributed by atoms with E-state index in [1.807, 2.05) is 34.1 Å². The van der Waals surface area contributed by atoms with Crippen LogP contribution in [-0.4, -0.2) is 35.3 Å². The first-order chi connectivity index (χ1) is 21.5. The molecule has 0 aliphatic carbocycles. The minimum absolute atomic E-state index is 0.0785. The van der Waals surface area contributed by atoms with E-state index in [0.29, 0.717) is 22.1 Å². The van der Waals surface area contributed by atoms with Crippen LogP contribution in [0.2, 0.25) is 0 Å². The molecule has 1 atom stereocenters. The van der Waals surface area contributed by atoms with E-state index >= 15 is 8.78 Å². The fourth-order valence-electron chi connectivity index (χ4n) is 6.15. The van der Waals surface area contributed by atoms with E-state index in [-0.39, 0.29) is 17.0 Å². The Labute approximate surface area is 287 Å². The van der Waals surface area contributed by atoms with Crippen molar-refractivity contribution in [3.63, 3.8) is 0 Å². The van der Waals surface area contributed by atoms with Crippen LogP contribution in [0, 0.1) is 17.0 Å². The van der Waals surface area contributed by atoms with Crippen molar-refractivity contribution in [3.05, 3.63) is 89.4 Å². The number of thioether (sulfide) groups is 1. The summed E-state index contributed by atoms with van der Waals surface area (Å²) in [7, 11) is 3.29. The van der Waals surface area contributed by atoms with Crippen molar-refractivity contribution in [2.24, 2.45) is 12.5 Å². The number of nitrogens with zero attached hydrogens (tertiary/aromatic N) is 4. The summed E-state index contributed by atoms with van der Waals surface area (Å²) in [5, 5.41) is 16.2. The van der Waals surface area contributed by atoms with Crippen LogP contribution < -0.4 is 0 Å².